The number of benzene rings is 3. The molecule has 0 radical (unpaired) electrons. The van der Waals surface area contributed by atoms with Crippen LogP contribution in [0.3, 0.4) is 0 Å². The van der Waals surface area contributed by atoms with Gasteiger partial charge in [0.2, 0.25) is 0 Å². The zero-order valence-corrected chi connectivity index (χ0v) is 17.4. The average Bonchev–Trinajstić information content (AvgIpc) is 2.70. The Morgan fingerprint density at radius 1 is 1.00 bits per heavy atom. The van der Waals surface area contributed by atoms with Crippen LogP contribution >= 0.6 is 15.9 Å². The Labute approximate surface area is 177 Å². The second-order valence-corrected chi connectivity index (χ2v) is 8.31. The summed E-state index contributed by atoms with van der Waals surface area (Å²) in [5, 5.41) is 11.6. The molecule has 0 saturated carbocycles. The number of hydrogen-bond acceptors (Lipinski definition) is 2. The van der Waals surface area contributed by atoms with Gasteiger partial charge in [-0.3, -0.25) is 9.69 Å². The molecule has 1 heterocycles. The highest BCUT2D eigenvalue weighted by molar-refractivity contribution is 9.10. The largest absolute Gasteiger partial charge is 0.481 e. The summed E-state index contributed by atoms with van der Waals surface area (Å²) in [4.78, 5) is 28.0. The van der Waals surface area contributed by atoms with Crippen molar-refractivity contribution in [2.45, 2.75) is 13.0 Å². The molecular formula is C23H21BrN2O3. The number of anilines is 1. The highest BCUT2D eigenvalue weighted by atomic mass is 79.9. The van der Waals surface area contributed by atoms with E-state index >= 15 is 0 Å². The van der Waals surface area contributed by atoms with Gasteiger partial charge in [-0.2, -0.15) is 0 Å². The van der Waals surface area contributed by atoms with Crippen molar-refractivity contribution in [2.24, 2.45) is 5.92 Å². The minimum Gasteiger partial charge on any atom is -0.481 e. The summed E-state index contributed by atoms with van der Waals surface area (Å²) in [7, 11) is 0. The van der Waals surface area contributed by atoms with E-state index in [1.54, 1.807) is 9.80 Å². The summed E-state index contributed by atoms with van der Waals surface area (Å²) in [6.45, 7) is 1.29. The van der Waals surface area contributed by atoms with E-state index in [0.29, 0.717) is 19.6 Å². The maximum Gasteiger partial charge on any atom is 0.324 e. The van der Waals surface area contributed by atoms with Crippen molar-refractivity contribution >= 4 is 44.4 Å². The fraction of sp³-hybridized carbons (Fsp3) is 0.217. The monoisotopic (exact) mass is 452 g/mol. The lowest BCUT2D eigenvalue weighted by Crippen LogP contribution is -2.53. The van der Waals surface area contributed by atoms with E-state index in [-0.39, 0.29) is 18.4 Å². The minimum absolute atomic E-state index is 0.0362. The van der Waals surface area contributed by atoms with E-state index in [9.17, 15) is 14.7 Å². The van der Waals surface area contributed by atoms with Gasteiger partial charge in [0.05, 0.1) is 6.42 Å². The zero-order valence-electron chi connectivity index (χ0n) is 15.8. The Kier molecular flexibility index (Phi) is 5.53. The molecule has 1 fully saturated rings. The number of fused-ring (bicyclic) bond motifs is 1. The molecule has 3 aromatic rings. The Balaban J connectivity index is 1.61. The number of carboxylic acid groups (broad SMARTS) is 1. The summed E-state index contributed by atoms with van der Waals surface area (Å²) in [5.74, 6) is -0.972. The minimum atomic E-state index is -0.842. The van der Waals surface area contributed by atoms with Crippen LogP contribution < -0.4 is 4.90 Å². The van der Waals surface area contributed by atoms with Crippen molar-refractivity contribution < 1.29 is 14.7 Å². The molecule has 1 aliphatic rings. The molecule has 1 N–H and O–H groups in total. The number of nitrogens with zero attached hydrogens (tertiary/aromatic N) is 2. The first-order valence-corrected chi connectivity index (χ1v) is 10.3. The molecule has 1 unspecified atom stereocenters. The van der Waals surface area contributed by atoms with Crippen molar-refractivity contribution in [1.82, 2.24) is 4.90 Å². The lowest BCUT2D eigenvalue weighted by atomic mass is 10.0. The number of hydrogen-bond donors (Lipinski definition) is 1. The van der Waals surface area contributed by atoms with Gasteiger partial charge in [0.25, 0.3) is 0 Å². The van der Waals surface area contributed by atoms with Crippen LogP contribution in [0.25, 0.3) is 10.8 Å². The van der Waals surface area contributed by atoms with Gasteiger partial charge < -0.3 is 10.0 Å². The van der Waals surface area contributed by atoms with Gasteiger partial charge in [-0.05, 0) is 46.7 Å². The number of carboxylic acids is 1. The topological polar surface area (TPSA) is 60.9 Å². The maximum absolute atomic E-state index is 13.2. The molecule has 0 bridgehead atoms. The van der Waals surface area contributed by atoms with Crippen LogP contribution in [0, 0.1) is 5.92 Å². The van der Waals surface area contributed by atoms with Gasteiger partial charge in [0, 0.05) is 35.7 Å². The first kappa shape index (κ1) is 19.5. The third-order valence-electron chi connectivity index (χ3n) is 5.21. The number of carbonyl (C=O) groups is 2. The molecule has 148 valence electrons. The zero-order chi connectivity index (χ0) is 20.4. The van der Waals surface area contributed by atoms with Crippen molar-refractivity contribution in [2.75, 3.05) is 18.0 Å². The normalized spacial score (nSPS) is 17.0. The number of aliphatic carboxylic acids is 1. The Morgan fingerprint density at radius 3 is 2.45 bits per heavy atom. The Morgan fingerprint density at radius 2 is 1.72 bits per heavy atom. The quantitative estimate of drug-likeness (QED) is 0.583. The molecule has 0 aromatic heterocycles. The summed E-state index contributed by atoms with van der Waals surface area (Å²) < 4.78 is 0.931. The smallest absolute Gasteiger partial charge is 0.324 e. The summed E-state index contributed by atoms with van der Waals surface area (Å²) >= 11 is 3.41. The van der Waals surface area contributed by atoms with Crippen molar-refractivity contribution in [3.63, 3.8) is 0 Å². The fourth-order valence-electron chi connectivity index (χ4n) is 3.86. The summed E-state index contributed by atoms with van der Waals surface area (Å²) in [5.41, 5.74) is 1.81. The van der Waals surface area contributed by atoms with Crippen LogP contribution in [-0.4, -0.2) is 35.1 Å². The Bertz CT molecular complexity index is 1050. The van der Waals surface area contributed by atoms with Crippen molar-refractivity contribution in [1.29, 1.82) is 0 Å². The molecule has 1 atom stereocenters. The second-order valence-electron chi connectivity index (χ2n) is 7.40. The van der Waals surface area contributed by atoms with E-state index in [0.717, 1.165) is 26.5 Å². The van der Waals surface area contributed by atoms with Gasteiger partial charge in [0.15, 0.2) is 0 Å². The van der Waals surface area contributed by atoms with E-state index in [1.807, 2.05) is 42.5 Å². The van der Waals surface area contributed by atoms with Crippen molar-refractivity contribution in [3.8, 4) is 0 Å². The van der Waals surface area contributed by atoms with Gasteiger partial charge in [0.1, 0.15) is 0 Å². The molecule has 0 aliphatic carbocycles. The average molecular weight is 453 g/mol. The fourth-order valence-corrected chi connectivity index (χ4v) is 4.12. The van der Waals surface area contributed by atoms with E-state index in [1.165, 1.54) is 0 Å². The lowest BCUT2D eigenvalue weighted by molar-refractivity contribution is -0.138. The molecule has 1 saturated heterocycles. The second kappa shape index (κ2) is 8.25. The van der Waals surface area contributed by atoms with Gasteiger partial charge in [-0.25, -0.2) is 4.79 Å². The van der Waals surface area contributed by atoms with Crippen molar-refractivity contribution in [3.05, 3.63) is 76.8 Å². The maximum atomic E-state index is 13.2. The molecule has 1 aliphatic heterocycles. The molecule has 0 spiro atoms. The number of amides is 2. The van der Waals surface area contributed by atoms with Crippen LogP contribution in [-0.2, 0) is 11.3 Å². The first-order valence-electron chi connectivity index (χ1n) is 9.51. The number of urea groups is 1. The van der Waals surface area contributed by atoms with Gasteiger partial charge >= 0.3 is 12.0 Å². The van der Waals surface area contributed by atoms with E-state index in [2.05, 4.69) is 40.2 Å². The van der Waals surface area contributed by atoms with Crippen LogP contribution in [0.5, 0.6) is 0 Å². The predicted molar refractivity (Wildman–Crippen MR) is 117 cm³/mol. The third-order valence-corrected chi connectivity index (χ3v) is 5.74. The van der Waals surface area contributed by atoms with Gasteiger partial charge in [-0.1, -0.05) is 52.3 Å². The molecule has 6 heteroatoms. The van der Waals surface area contributed by atoms with Crippen LogP contribution in [0.2, 0.25) is 0 Å². The predicted octanol–water partition coefficient (Wildman–Crippen LogP) is 5.14. The Hall–Kier alpha value is -2.86. The van der Waals surface area contributed by atoms with Gasteiger partial charge in [-0.15, -0.1) is 0 Å². The highest BCUT2D eigenvalue weighted by Crippen LogP contribution is 2.27. The third kappa shape index (κ3) is 4.43. The first-order chi connectivity index (χ1) is 14.0. The molecule has 5 nitrogen and oxygen atoms in total. The number of rotatable bonds is 5. The van der Waals surface area contributed by atoms with E-state index in [4.69, 9.17) is 0 Å². The summed E-state index contributed by atoms with van der Waals surface area (Å²) in [6, 6.07) is 21.7. The summed E-state index contributed by atoms with van der Waals surface area (Å²) in [6.07, 6.45) is 0.0362. The number of halogens is 1. The standard InChI is InChI=1S/C23H21BrN2O3/c24-20-7-9-21(10-8-20)26-15-17(12-22(27)28)14-25(23(26)29)13-16-5-6-18-3-1-2-4-19(18)11-16/h1-11,17H,12-15H2,(H,27,28). The van der Waals surface area contributed by atoms with Crippen LogP contribution in [0.15, 0.2) is 71.2 Å². The SMILES string of the molecule is O=C(O)CC1CN(Cc2ccc3ccccc3c2)C(=O)N(c2ccc(Br)cc2)C1. The number of carbonyl (C=O) groups excluding carboxylic acids is 1. The molecule has 4 rings (SSSR count). The molecular weight excluding hydrogens is 432 g/mol. The molecule has 2 amide bonds. The molecule has 29 heavy (non-hydrogen) atoms. The van der Waals surface area contributed by atoms with Crippen LogP contribution in [0.1, 0.15) is 12.0 Å². The highest BCUT2D eigenvalue weighted by Gasteiger charge is 2.33. The van der Waals surface area contributed by atoms with Crippen LogP contribution in [0.4, 0.5) is 10.5 Å². The van der Waals surface area contributed by atoms with E-state index < -0.39 is 5.97 Å². The lowest BCUT2D eigenvalue weighted by Gasteiger charge is -2.40. The molecule has 3 aromatic carbocycles.